The minimum absolute atomic E-state index is 0.0255. The second-order valence-electron chi connectivity index (χ2n) is 53.7. The zero-order valence-corrected chi connectivity index (χ0v) is 97.0. The van der Waals surface area contributed by atoms with Gasteiger partial charge in [0.05, 0.1) is 12.7 Å². The summed E-state index contributed by atoms with van der Waals surface area (Å²) < 4.78 is 5.83. The fraction of sp³-hybridized carbons (Fsp3) is 0.595. The summed E-state index contributed by atoms with van der Waals surface area (Å²) in [4.78, 5) is 29.0. The second-order valence-corrected chi connectivity index (χ2v) is 54.9. The highest BCUT2D eigenvalue weighted by Gasteiger charge is 2.33. The van der Waals surface area contributed by atoms with Crippen LogP contribution in [0.15, 0.2) is 206 Å². The van der Waals surface area contributed by atoms with E-state index >= 15 is 0 Å². The van der Waals surface area contributed by atoms with E-state index in [1.165, 1.54) is 205 Å². The number of fused-ring (bicyclic) bond motifs is 1. The zero-order chi connectivity index (χ0) is 105. The quantitative estimate of drug-likeness (QED) is 0.0812. The van der Waals surface area contributed by atoms with Gasteiger partial charge in [-0.05, 0) is 339 Å². The first-order chi connectivity index (χ1) is 67.7. The molecule has 0 spiro atoms. The number of benzene rings is 8. The molecule has 0 aromatic heterocycles. The van der Waals surface area contributed by atoms with Crippen LogP contribution in [-0.2, 0) is 60.9 Å². The van der Waals surface area contributed by atoms with E-state index in [2.05, 4.69) is 458 Å². The van der Waals surface area contributed by atoms with Crippen molar-refractivity contribution in [3.8, 4) is 0 Å². The number of rotatable bonds is 17. The number of likely N-dealkylation sites (N-methyl/N-ethyl adjacent to an activating group) is 5. The number of ether oxygens (including phenoxy) is 1. The lowest BCUT2D eigenvalue weighted by Crippen LogP contribution is -2.50. The van der Waals surface area contributed by atoms with Crippen molar-refractivity contribution in [1.29, 1.82) is 0 Å². The molecule has 9 heterocycles. The van der Waals surface area contributed by atoms with E-state index in [1.54, 1.807) is 11.8 Å². The van der Waals surface area contributed by atoms with E-state index in [0.29, 0.717) is 49.4 Å². The Labute approximate surface area is 884 Å². The van der Waals surface area contributed by atoms with Crippen LogP contribution in [0.25, 0.3) is 11.1 Å². The number of nitrogens with zero attached hydrogens (tertiary/aromatic N) is 7. The minimum atomic E-state index is -0.0255. The van der Waals surface area contributed by atoms with Crippen LogP contribution in [0.3, 0.4) is 0 Å². The topological polar surface area (TPSA) is 85.1 Å². The molecule has 13 heteroatoms. The summed E-state index contributed by atoms with van der Waals surface area (Å²) in [5.74, 6) is 2.64. The van der Waals surface area contributed by atoms with Crippen LogP contribution in [0, 0.1) is 43.3 Å². The number of morpholine rings is 1. The van der Waals surface area contributed by atoms with E-state index < -0.39 is 0 Å². The van der Waals surface area contributed by atoms with Crippen molar-refractivity contribution in [3.63, 3.8) is 0 Å². The monoisotopic (exact) mass is 1980 g/mol. The molecule has 0 bridgehead atoms. The number of likely N-dealkylation sites (tertiary alicyclic amines) is 3. The van der Waals surface area contributed by atoms with E-state index in [0.717, 1.165) is 139 Å². The highest BCUT2D eigenvalue weighted by atomic mass is 32.2. The summed E-state index contributed by atoms with van der Waals surface area (Å²) in [6.07, 6.45) is 24.4. The highest BCUT2D eigenvalue weighted by Crippen LogP contribution is 2.38. The Kier molecular flexibility index (Phi) is 45.3. The molecule has 6 unspecified atom stereocenters. The fourth-order valence-electron chi connectivity index (χ4n) is 21.4. The summed E-state index contributed by atoms with van der Waals surface area (Å²) in [5.41, 5.74) is 28.3. The molecule has 0 saturated carbocycles. The molecule has 8 aromatic rings. The van der Waals surface area contributed by atoms with Crippen LogP contribution < -0.4 is 20.9 Å². The molecule has 144 heavy (non-hydrogen) atoms. The Hall–Kier alpha value is -7.66. The Morgan fingerprint density at radius 2 is 0.736 bits per heavy atom. The first-order valence-electron chi connectivity index (χ1n) is 55.7. The lowest BCUT2D eigenvalue weighted by Gasteiger charge is -2.38. The van der Waals surface area contributed by atoms with Gasteiger partial charge in [-0.2, -0.15) is 0 Å². The molecule has 9 aliphatic rings. The number of piperidine rings is 1. The molecule has 0 radical (unpaired) electrons. The minimum Gasteiger partial charge on any atom is -0.381 e. The van der Waals surface area contributed by atoms with Gasteiger partial charge in [0.25, 0.3) is 0 Å². The van der Waals surface area contributed by atoms with Crippen molar-refractivity contribution in [1.82, 2.24) is 40.0 Å². The van der Waals surface area contributed by atoms with Crippen molar-refractivity contribution in [3.05, 3.63) is 284 Å². The Morgan fingerprint density at radius 3 is 1.13 bits per heavy atom. The molecule has 7 saturated heterocycles. The molecule has 1 amide bonds. The van der Waals surface area contributed by atoms with Gasteiger partial charge in [0.2, 0.25) is 5.91 Å². The molecular weight excluding hydrogens is 1780 g/mol. The Morgan fingerprint density at radius 1 is 0.347 bits per heavy atom. The Balaban J connectivity index is 0.000000169. The predicted molar refractivity (Wildman–Crippen MR) is 627 cm³/mol. The normalized spacial score (nSPS) is 20.9. The molecule has 792 valence electrons. The lowest BCUT2D eigenvalue weighted by atomic mass is 9.86. The van der Waals surface area contributed by atoms with Crippen LogP contribution in [0.5, 0.6) is 0 Å². The van der Waals surface area contributed by atoms with Crippen LogP contribution in [0.2, 0.25) is 0 Å². The number of anilines is 2. The standard InChI is InChI=1S/C18H28N2.C17H25N.C17H27N.C16H26N2.C16H25NO.C16H25N.C16H23N.C15H21NOS/c1-18(2,3)13-15-6-8-16(9-7-15)20-12-11-19-10-4-5-17(19)14-20;1-17(2,3)13-14-5-7-15(8-6-14)16-9-11-18(4)12-10-16;1-17(2,3)12-14-7-9-15(10-8-14)16-6-5-11-18(4)13-16;1-16(2,3)11-13-5-7-14(8-6-13)17-15-9-10-18(4)12-15;1-16(2,3)11-13-5-7-14(8-6-13)15-12-17(4)9-10-18-15;1-16(2,3)11-13-5-7-14(8-6-13)15-9-10-17(4)12-15;1-16(2,3)12-13-4-6-14(7-5-13)15-8-10-17-11-9-15;1-15(2,3)10-11-4-6-12(7-5-11)13-14(17)16-8-9-18-13/h6-9,17H,4-5,10-14H2,1-3H3;5-9H,10-13H2,1-4H3;7-10,16H,5-6,11-13H2,1-4H3;5-8,15,17H,9-12H2,1-4H3;5-8,15H,9-12H2,1-4H3;5-8,15H,9-12H2,1-4H3;4-8,17H,9-12H2,1-3H3;4-7,13H,8-10H2,1-3H3,(H,16,17). The molecule has 7 fully saturated rings. The van der Waals surface area contributed by atoms with Crippen LogP contribution >= 0.6 is 11.8 Å². The molecule has 3 N–H and O–H groups in total. The number of carbonyl (C=O) groups excluding carboxylic acids is 1. The van der Waals surface area contributed by atoms with Gasteiger partial charge in [0.15, 0.2) is 0 Å². The zero-order valence-electron chi connectivity index (χ0n) is 96.2. The smallest absolute Gasteiger partial charge is 0.237 e. The summed E-state index contributed by atoms with van der Waals surface area (Å²) >= 11 is 1.73. The van der Waals surface area contributed by atoms with Gasteiger partial charge >= 0.3 is 0 Å². The van der Waals surface area contributed by atoms with E-state index in [4.69, 9.17) is 4.74 Å². The maximum absolute atomic E-state index is 11.8. The van der Waals surface area contributed by atoms with Crippen LogP contribution in [0.1, 0.15) is 319 Å². The van der Waals surface area contributed by atoms with E-state index in [9.17, 15) is 4.79 Å². The number of thioether (sulfide) groups is 1. The maximum atomic E-state index is 11.8. The van der Waals surface area contributed by atoms with Crippen molar-refractivity contribution < 1.29 is 9.53 Å². The van der Waals surface area contributed by atoms with Crippen molar-refractivity contribution in [2.45, 2.75) is 304 Å². The van der Waals surface area contributed by atoms with E-state index in [-0.39, 0.29) is 17.3 Å². The third-order valence-electron chi connectivity index (χ3n) is 28.4. The molecule has 17 rings (SSSR count). The number of hydrogen-bond acceptors (Lipinski definition) is 12. The fourth-order valence-corrected chi connectivity index (χ4v) is 22.5. The van der Waals surface area contributed by atoms with Gasteiger partial charge < -0.3 is 50.1 Å². The van der Waals surface area contributed by atoms with Crippen molar-refractivity contribution >= 4 is 40.2 Å². The SMILES string of the molecule is CC(C)(C)Cc1ccc(C2=CCNCC2)cc1.CC(C)(C)Cc1ccc(C2SCCNC2=O)cc1.CC(C)(C)Cc1ccc(N2CCN3CCCC3C2)cc1.CN1CC=C(c2ccc(CC(C)(C)C)cc2)CC1.CN1CCC(Nc2ccc(CC(C)(C)C)cc2)C1.CN1CCC(c2ccc(CC(C)(C)C)cc2)C1.CN1CCCC(c2ccc(CC(C)(C)C)cc2)C1.CN1CCOC(c2ccc(CC(C)(C)C)cc2)C1. The van der Waals surface area contributed by atoms with Gasteiger partial charge in [0, 0.05) is 108 Å². The first-order valence-corrected chi connectivity index (χ1v) is 56.7. The Bertz CT molecular complexity index is 5020. The van der Waals surface area contributed by atoms with Crippen molar-refractivity contribution in [2.24, 2.45) is 43.3 Å². The number of nitrogens with one attached hydrogen (secondary N) is 3. The summed E-state index contributed by atoms with van der Waals surface area (Å²) in [6.45, 7) is 75.2. The molecule has 0 aliphatic carbocycles. The summed E-state index contributed by atoms with van der Waals surface area (Å²) in [5, 5.41) is 9.87. The molecule has 12 nitrogen and oxygen atoms in total. The van der Waals surface area contributed by atoms with Crippen LogP contribution in [0.4, 0.5) is 11.4 Å². The average Bonchev–Trinajstić information content (AvgIpc) is 1.64. The number of carbonyl (C=O) groups is 1. The first kappa shape index (κ1) is 118. The summed E-state index contributed by atoms with van der Waals surface area (Å²) in [6, 6.07) is 74.1. The van der Waals surface area contributed by atoms with Gasteiger partial charge in [-0.1, -0.05) is 348 Å². The molecule has 6 atom stereocenters. The number of hydrogen-bond donors (Lipinski definition) is 3. The van der Waals surface area contributed by atoms with Gasteiger partial charge in [-0.3, -0.25) is 9.69 Å². The average molecular weight is 1980 g/mol. The third-order valence-corrected chi connectivity index (χ3v) is 29.6. The van der Waals surface area contributed by atoms with Gasteiger partial charge in [0.1, 0.15) is 5.25 Å². The largest absolute Gasteiger partial charge is 0.381 e. The van der Waals surface area contributed by atoms with Crippen LogP contribution in [-0.4, -0.2) is 206 Å². The van der Waals surface area contributed by atoms with Gasteiger partial charge in [-0.25, -0.2) is 0 Å². The van der Waals surface area contributed by atoms with Gasteiger partial charge in [-0.15, -0.1) is 11.8 Å². The molecule has 8 aromatic carbocycles. The van der Waals surface area contributed by atoms with Crippen molar-refractivity contribution in [2.75, 3.05) is 169 Å². The third kappa shape index (κ3) is 45.0. The number of piperazine rings is 1. The predicted octanol–water partition coefficient (Wildman–Crippen LogP) is 28.8. The second kappa shape index (κ2) is 55.2. The number of amides is 1. The maximum Gasteiger partial charge on any atom is 0.237 e. The summed E-state index contributed by atoms with van der Waals surface area (Å²) in [7, 11) is 11.0. The molecule has 9 aliphatic heterocycles. The van der Waals surface area contributed by atoms with E-state index in [1.807, 2.05) is 0 Å². The lowest BCUT2D eigenvalue weighted by molar-refractivity contribution is -0.120. The molecular formula is C131H200N10O2S. The highest BCUT2D eigenvalue weighted by molar-refractivity contribution is 8.00.